The van der Waals surface area contributed by atoms with Crippen LogP contribution in [-0.2, 0) is 14.3 Å². The predicted octanol–water partition coefficient (Wildman–Crippen LogP) is 5.40. The van der Waals surface area contributed by atoms with Gasteiger partial charge in [0.2, 0.25) is 0 Å². The average molecular weight is 446 g/mol. The van der Waals surface area contributed by atoms with E-state index in [1.807, 2.05) is 31.2 Å². The van der Waals surface area contributed by atoms with Gasteiger partial charge in [0.25, 0.3) is 0 Å². The molecule has 0 bridgehead atoms. The van der Waals surface area contributed by atoms with Crippen molar-refractivity contribution in [2.45, 2.75) is 59.3 Å². The summed E-state index contributed by atoms with van der Waals surface area (Å²) in [7, 11) is 0. The second-order valence-electron chi connectivity index (χ2n) is 8.44. The number of ether oxygens (including phenoxy) is 1. The first-order chi connectivity index (χ1) is 13.2. The van der Waals surface area contributed by atoms with Gasteiger partial charge in [-0.15, -0.1) is 0 Å². The molecule has 3 rings (SSSR count). The fourth-order valence-corrected chi connectivity index (χ4v) is 4.63. The molecule has 0 saturated carbocycles. The maximum absolute atomic E-state index is 13.2. The number of dihydropyridines is 1. The molecular weight excluding hydrogens is 418 g/mol. The molecule has 0 amide bonds. The number of hydrogen-bond donors (Lipinski definition) is 1. The summed E-state index contributed by atoms with van der Waals surface area (Å²) in [5.74, 6) is -0.654. The number of ketones is 1. The number of carbonyl (C=O) groups excluding carboxylic acids is 2. The number of benzene rings is 1. The monoisotopic (exact) mass is 445 g/mol. The van der Waals surface area contributed by atoms with Crippen LogP contribution >= 0.6 is 15.9 Å². The molecule has 28 heavy (non-hydrogen) atoms. The van der Waals surface area contributed by atoms with E-state index in [9.17, 15) is 9.59 Å². The summed E-state index contributed by atoms with van der Waals surface area (Å²) < 4.78 is 6.44. The molecule has 0 spiro atoms. The van der Waals surface area contributed by atoms with Crippen LogP contribution in [0.2, 0.25) is 0 Å². The van der Waals surface area contributed by atoms with E-state index >= 15 is 0 Å². The minimum atomic E-state index is -0.412. The molecule has 2 aliphatic rings. The molecule has 1 aliphatic carbocycles. The van der Waals surface area contributed by atoms with Crippen LogP contribution in [0.25, 0.3) is 0 Å². The first-order valence-corrected chi connectivity index (χ1v) is 10.7. The lowest BCUT2D eigenvalue weighted by Gasteiger charge is -2.39. The molecule has 1 aliphatic heterocycles. The highest BCUT2D eigenvalue weighted by atomic mass is 79.9. The standard InChI is InChI=1S/C23H28BrNO3/c1-5-6-11-28-22(27)19-14(2)25-17-12-23(3,4)13-18(26)21(17)20(19)15-9-7-8-10-16(15)24/h7-10,20,25H,5-6,11-13H2,1-4H3/t20-/m1/s1. The molecule has 1 aromatic carbocycles. The van der Waals surface area contributed by atoms with E-state index in [2.05, 4.69) is 42.0 Å². The lowest BCUT2D eigenvalue weighted by atomic mass is 9.68. The van der Waals surface area contributed by atoms with Gasteiger partial charge in [-0.3, -0.25) is 4.79 Å². The first kappa shape index (κ1) is 20.8. The quantitative estimate of drug-likeness (QED) is 0.486. The molecule has 0 fully saturated rings. The minimum absolute atomic E-state index is 0.0964. The molecule has 0 saturated heterocycles. The topological polar surface area (TPSA) is 55.4 Å². The van der Waals surface area contributed by atoms with Gasteiger partial charge in [-0.1, -0.05) is 61.3 Å². The van der Waals surface area contributed by atoms with Gasteiger partial charge in [-0.05, 0) is 36.8 Å². The molecule has 1 N–H and O–H groups in total. The van der Waals surface area contributed by atoms with Crippen LogP contribution < -0.4 is 5.32 Å². The first-order valence-electron chi connectivity index (χ1n) is 9.90. The average Bonchev–Trinajstić information content (AvgIpc) is 2.60. The summed E-state index contributed by atoms with van der Waals surface area (Å²) in [6, 6.07) is 7.80. The van der Waals surface area contributed by atoms with Gasteiger partial charge in [0.15, 0.2) is 5.78 Å². The number of unbranched alkanes of at least 4 members (excludes halogenated alkanes) is 1. The Bertz CT molecular complexity index is 866. The van der Waals surface area contributed by atoms with Gasteiger partial charge in [0.05, 0.1) is 12.2 Å². The second kappa shape index (κ2) is 8.24. The smallest absolute Gasteiger partial charge is 0.336 e. The van der Waals surface area contributed by atoms with Crippen molar-refractivity contribution in [3.8, 4) is 0 Å². The number of rotatable bonds is 5. The van der Waals surface area contributed by atoms with Crippen molar-refractivity contribution in [2.75, 3.05) is 6.61 Å². The zero-order valence-electron chi connectivity index (χ0n) is 17.0. The van der Waals surface area contributed by atoms with E-state index < -0.39 is 5.92 Å². The number of Topliss-reactive ketones (excluding diaryl/α,β-unsaturated/α-hetero) is 1. The Hall–Kier alpha value is -1.88. The fraction of sp³-hybridized carbons (Fsp3) is 0.478. The van der Waals surface area contributed by atoms with Crippen molar-refractivity contribution < 1.29 is 14.3 Å². The largest absolute Gasteiger partial charge is 0.462 e. The molecule has 5 heteroatoms. The van der Waals surface area contributed by atoms with Crippen molar-refractivity contribution in [2.24, 2.45) is 5.41 Å². The van der Waals surface area contributed by atoms with E-state index in [1.54, 1.807) is 0 Å². The Morgan fingerprint density at radius 2 is 2.00 bits per heavy atom. The molecule has 0 unspecified atom stereocenters. The molecule has 1 aromatic rings. The normalized spacial score (nSPS) is 21.3. The Kier molecular flexibility index (Phi) is 6.13. The van der Waals surface area contributed by atoms with Gasteiger partial charge in [0.1, 0.15) is 0 Å². The number of allylic oxidation sites excluding steroid dienone is 3. The van der Waals surface area contributed by atoms with E-state index in [-0.39, 0.29) is 17.2 Å². The van der Waals surface area contributed by atoms with Crippen molar-refractivity contribution in [3.05, 3.63) is 56.8 Å². The van der Waals surface area contributed by atoms with E-state index in [1.165, 1.54) is 0 Å². The summed E-state index contributed by atoms with van der Waals surface area (Å²) in [5.41, 5.74) is 3.78. The molecule has 0 radical (unpaired) electrons. The maximum Gasteiger partial charge on any atom is 0.336 e. The maximum atomic E-state index is 13.2. The van der Waals surface area contributed by atoms with Gasteiger partial charge in [0, 0.05) is 33.8 Å². The molecule has 150 valence electrons. The number of carbonyl (C=O) groups is 2. The van der Waals surface area contributed by atoms with Crippen LogP contribution in [0.5, 0.6) is 0 Å². The highest BCUT2D eigenvalue weighted by Crippen LogP contribution is 2.48. The number of nitrogens with one attached hydrogen (secondary N) is 1. The van der Waals surface area contributed by atoms with Crippen LogP contribution in [0.3, 0.4) is 0 Å². The van der Waals surface area contributed by atoms with Gasteiger partial charge < -0.3 is 10.1 Å². The lowest BCUT2D eigenvalue weighted by molar-refractivity contribution is -0.139. The van der Waals surface area contributed by atoms with Gasteiger partial charge in [-0.2, -0.15) is 0 Å². The highest BCUT2D eigenvalue weighted by molar-refractivity contribution is 9.10. The minimum Gasteiger partial charge on any atom is -0.462 e. The fourth-order valence-electron chi connectivity index (χ4n) is 4.11. The van der Waals surface area contributed by atoms with Crippen LogP contribution in [0.4, 0.5) is 0 Å². The van der Waals surface area contributed by atoms with E-state index in [0.717, 1.165) is 40.7 Å². The van der Waals surface area contributed by atoms with Gasteiger partial charge >= 0.3 is 5.97 Å². The Morgan fingerprint density at radius 1 is 1.29 bits per heavy atom. The number of halogens is 1. The second-order valence-corrected chi connectivity index (χ2v) is 9.30. The van der Waals surface area contributed by atoms with Crippen LogP contribution in [-0.4, -0.2) is 18.4 Å². The Balaban J connectivity index is 2.11. The predicted molar refractivity (Wildman–Crippen MR) is 114 cm³/mol. The zero-order chi connectivity index (χ0) is 20.5. The third-order valence-electron chi connectivity index (χ3n) is 5.41. The third-order valence-corrected chi connectivity index (χ3v) is 6.13. The van der Waals surface area contributed by atoms with Crippen molar-refractivity contribution in [1.82, 2.24) is 5.32 Å². The summed E-state index contributed by atoms with van der Waals surface area (Å²) in [6.45, 7) is 8.57. The summed E-state index contributed by atoms with van der Waals surface area (Å²) in [4.78, 5) is 26.2. The number of esters is 1. The molecule has 0 aromatic heterocycles. The third kappa shape index (κ3) is 4.09. The van der Waals surface area contributed by atoms with Crippen LogP contribution in [0.1, 0.15) is 64.9 Å². The molecular formula is C23H28BrNO3. The summed E-state index contributed by atoms with van der Waals surface area (Å²) >= 11 is 3.62. The van der Waals surface area contributed by atoms with Crippen LogP contribution in [0, 0.1) is 5.41 Å². The molecule has 4 nitrogen and oxygen atoms in total. The highest BCUT2D eigenvalue weighted by Gasteiger charge is 2.43. The number of hydrogen-bond acceptors (Lipinski definition) is 4. The van der Waals surface area contributed by atoms with Crippen LogP contribution in [0.15, 0.2) is 51.3 Å². The van der Waals surface area contributed by atoms with Crippen molar-refractivity contribution >= 4 is 27.7 Å². The van der Waals surface area contributed by atoms with Gasteiger partial charge in [-0.25, -0.2) is 4.79 Å². The zero-order valence-corrected chi connectivity index (χ0v) is 18.6. The van der Waals surface area contributed by atoms with Crippen molar-refractivity contribution in [1.29, 1.82) is 0 Å². The van der Waals surface area contributed by atoms with Crippen molar-refractivity contribution in [3.63, 3.8) is 0 Å². The lowest BCUT2D eigenvalue weighted by Crippen LogP contribution is -2.38. The molecule has 1 heterocycles. The van der Waals surface area contributed by atoms with E-state index in [4.69, 9.17) is 4.74 Å². The Morgan fingerprint density at radius 3 is 2.68 bits per heavy atom. The summed E-state index contributed by atoms with van der Waals surface area (Å²) in [5, 5.41) is 3.37. The summed E-state index contributed by atoms with van der Waals surface area (Å²) in [6.07, 6.45) is 3.04. The Labute approximate surface area is 175 Å². The molecule has 1 atom stereocenters. The van der Waals surface area contributed by atoms with E-state index in [0.29, 0.717) is 24.2 Å². The SMILES string of the molecule is CCCCOC(=O)C1=C(C)NC2=C(C(=O)CC(C)(C)C2)[C@@H]1c1ccccc1Br.